The molecule has 1 saturated heterocycles. The first-order valence-corrected chi connectivity index (χ1v) is 8.63. The first kappa shape index (κ1) is 19.5. The van der Waals surface area contributed by atoms with Crippen molar-refractivity contribution < 1.29 is 34.3 Å². The van der Waals surface area contributed by atoms with Crippen LogP contribution in [0.3, 0.4) is 0 Å². The molecule has 0 aromatic heterocycles. The van der Waals surface area contributed by atoms with Crippen LogP contribution < -0.4 is 0 Å². The zero-order valence-electron chi connectivity index (χ0n) is 14.5. The molecule has 0 radical (unpaired) electrons. The van der Waals surface area contributed by atoms with Crippen molar-refractivity contribution in [2.45, 2.75) is 37.3 Å². The van der Waals surface area contributed by atoms with Gasteiger partial charge in [0.25, 0.3) is 0 Å². The van der Waals surface area contributed by atoms with Crippen LogP contribution in [0.25, 0.3) is 0 Å². The third-order valence-corrected chi connectivity index (χ3v) is 4.33. The van der Waals surface area contributed by atoms with E-state index in [1.165, 1.54) is 0 Å². The molecule has 144 valence electrons. The monoisotopic (exact) mass is 374 g/mol. The lowest BCUT2D eigenvalue weighted by molar-refractivity contribution is -0.295. The summed E-state index contributed by atoms with van der Waals surface area (Å²) >= 11 is 0. The number of hydrogen-bond acceptors (Lipinski definition) is 7. The summed E-state index contributed by atoms with van der Waals surface area (Å²) in [6.45, 7) is -0.146. The second-order valence-electron chi connectivity index (χ2n) is 6.27. The van der Waals surface area contributed by atoms with Gasteiger partial charge in [-0.3, -0.25) is 0 Å². The molecule has 0 spiro atoms. The maximum absolute atomic E-state index is 12.0. The number of aliphatic hydroxyl groups is 3. The molecular formula is C20H22O7. The molecule has 3 N–H and O–H groups in total. The fraction of sp³-hybridized carbons (Fsp3) is 0.350. The maximum atomic E-state index is 12.0. The molecule has 0 unspecified atom stereocenters. The van der Waals surface area contributed by atoms with Crippen molar-refractivity contribution in [1.82, 2.24) is 0 Å². The number of ether oxygens (including phenoxy) is 3. The molecule has 7 nitrogen and oxygen atoms in total. The van der Waals surface area contributed by atoms with Crippen molar-refractivity contribution in [3.8, 4) is 0 Å². The number of carbonyl (C=O) groups is 1. The Bertz CT molecular complexity index is 722. The van der Waals surface area contributed by atoms with Gasteiger partial charge in [0.15, 0.2) is 6.29 Å². The van der Waals surface area contributed by atoms with E-state index < -0.39 is 36.7 Å². The van der Waals surface area contributed by atoms with Crippen LogP contribution in [0.4, 0.5) is 0 Å². The molecule has 3 rings (SSSR count). The second kappa shape index (κ2) is 9.07. The minimum atomic E-state index is -1.56. The lowest BCUT2D eigenvalue weighted by Crippen LogP contribution is -2.59. The van der Waals surface area contributed by atoms with Crippen LogP contribution in [0.5, 0.6) is 0 Å². The zero-order valence-corrected chi connectivity index (χ0v) is 14.5. The van der Waals surface area contributed by atoms with Crippen molar-refractivity contribution in [3.05, 3.63) is 71.8 Å². The molecule has 2 aromatic rings. The standard InChI is InChI=1S/C20H22O7/c21-16-15(12-26-19(23)14-9-5-2-6-10-14)27-20(24)17(22)18(16)25-11-13-7-3-1-4-8-13/h1-10,15-18,20-22,24H,11-12H2/t15-,16+,17-,18+,20+/m1/s1. The van der Waals surface area contributed by atoms with Crippen LogP contribution in [-0.2, 0) is 20.8 Å². The molecule has 0 amide bonds. The molecule has 1 aliphatic rings. The molecule has 0 saturated carbocycles. The van der Waals surface area contributed by atoms with Gasteiger partial charge in [-0.2, -0.15) is 0 Å². The van der Waals surface area contributed by atoms with Crippen molar-refractivity contribution in [2.75, 3.05) is 6.61 Å². The first-order chi connectivity index (χ1) is 13.1. The Kier molecular flexibility index (Phi) is 6.54. The van der Waals surface area contributed by atoms with Gasteiger partial charge in [-0.15, -0.1) is 0 Å². The van der Waals surface area contributed by atoms with Crippen LogP contribution in [0.2, 0.25) is 0 Å². The predicted octanol–water partition coefficient (Wildman–Crippen LogP) is 0.868. The highest BCUT2D eigenvalue weighted by Gasteiger charge is 2.45. The van der Waals surface area contributed by atoms with E-state index in [9.17, 15) is 20.1 Å². The van der Waals surface area contributed by atoms with E-state index in [0.717, 1.165) is 5.56 Å². The third-order valence-electron chi connectivity index (χ3n) is 4.33. The van der Waals surface area contributed by atoms with Gasteiger partial charge in [-0.05, 0) is 17.7 Å². The van der Waals surface area contributed by atoms with Gasteiger partial charge in [0, 0.05) is 0 Å². The van der Waals surface area contributed by atoms with E-state index in [4.69, 9.17) is 14.2 Å². The highest BCUT2D eigenvalue weighted by molar-refractivity contribution is 5.89. The smallest absolute Gasteiger partial charge is 0.338 e. The Hall–Kier alpha value is -2.29. The van der Waals surface area contributed by atoms with Gasteiger partial charge >= 0.3 is 5.97 Å². The van der Waals surface area contributed by atoms with Crippen molar-refractivity contribution in [2.24, 2.45) is 0 Å². The average molecular weight is 374 g/mol. The van der Waals surface area contributed by atoms with E-state index in [1.54, 1.807) is 30.3 Å². The van der Waals surface area contributed by atoms with Crippen LogP contribution in [-0.4, -0.2) is 58.6 Å². The van der Waals surface area contributed by atoms with Gasteiger partial charge < -0.3 is 29.5 Å². The molecule has 1 fully saturated rings. The van der Waals surface area contributed by atoms with Gasteiger partial charge in [0.2, 0.25) is 0 Å². The van der Waals surface area contributed by atoms with E-state index in [0.29, 0.717) is 5.56 Å². The van der Waals surface area contributed by atoms with Crippen LogP contribution in [0.15, 0.2) is 60.7 Å². The molecule has 0 aliphatic carbocycles. The molecule has 0 bridgehead atoms. The number of benzene rings is 2. The molecule has 1 aliphatic heterocycles. The Labute approximate surface area is 156 Å². The van der Waals surface area contributed by atoms with E-state index in [1.807, 2.05) is 30.3 Å². The van der Waals surface area contributed by atoms with Crippen LogP contribution in [0.1, 0.15) is 15.9 Å². The topological polar surface area (TPSA) is 105 Å². The van der Waals surface area contributed by atoms with E-state index in [2.05, 4.69) is 0 Å². The number of esters is 1. The molecule has 2 aromatic carbocycles. The minimum absolute atomic E-state index is 0.142. The minimum Gasteiger partial charge on any atom is -0.459 e. The largest absolute Gasteiger partial charge is 0.459 e. The fourth-order valence-corrected chi connectivity index (χ4v) is 2.83. The van der Waals surface area contributed by atoms with Crippen LogP contribution in [0, 0.1) is 0 Å². The second-order valence-corrected chi connectivity index (χ2v) is 6.27. The SMILES string of the molecule is O=C(OC[C@H]1O[C@H](O)[C@H](O)[C@@H](OCc2ccccc2)[C@H]1O)c1ccccc1. The number of aliphatic hydroxyl groups excluding tert-OH is 3. The Morgan fingerprint density at radius 1 is 0.926 bits per heavy atom. The normalized spacial score (nSPS) is 27.9. The van der Waals surface area contributed by atoms with Crippen molar-refractivity contribution in [3.63, 3.8) is 0 Å². The van der Waals surface area contributed by atoms with Crippen molar-refractivity contribution >= 4 is 5.97 Å². The Balaban J connectivity index is 1.59. The Morgan fingerprint density at radius 2 is 1.56 bits per heavy atom. The van der Waals surface area contributed by atoms with Crippen LogP contribution >= 0.6 is 0 Å². The summed E-state index contributed by atoms with van der Waals surface area (Å²) in [5.74, 6) is -0.575. The average Bonchev–Trinajstić information content (AvgIpc) is 2.71. The van der Waals surface area contributed by atoms with Gasteiger partial charge in [0.1, 0.15) is 31.0 Å². The lowest BCUT2D eigenvalue weighted by atomic mass is 9.99. The van der Waals surface area contributed by atoms with Gasteiger partial charge in [-0.25, -0.2) is 4.79 Å². The quantitative estimate of drug-likeness (QED) is 0.644. The summed E-state index contributed by atoms with van der Waals surface area (Å²) in [5.41, 5.74) is 1.21. The summed E-state index contributed by atoms with van der Waals surface area (Å²) < 4.78 is 15.9. The number of carbonyl (C=O) groups excluding carboxylic acids is 1. The zero-order chi connectivity index (χ0) is 19.2. The van der Waals surface area contributed by atoms with Crippen molar-refractivity contribution in [1.29, 1.82) is 0 Å². The highest BCUT2D eigenvalue weighted by Crippen LogP contribution is 2.24. The van der Waals surface area contributed by atoms with E-state index in [-0.39, 0.29) is 13.2 Å². The molecule has 7 heteroatoms. The molecule has 5 atom stereocenters. The first-order valence-electron chi connectivity index (χ1n) is 8.63. The van der Waals surface area contributed by atoms with Gasteiger partial charge in [-0.1, -0.05) is 48.5 Å². The summed E-state index contributed by atoms with van der Waals surface area (Å²) in [6, 6.07) is 17.6. The molecule has 27 heavy (non-hydrogen) atoms. The number of hydrogen-bond donors (Lipinski definition) is 3. The maximum Gasteiger partial charge on any atom is 0.338 e. The summed E-state index contributed by atoms with van der Waals surface area (Å²) in [4.78, 5) is 12.0. The highest BCUT2D eigenvalue weighted by atomic mass is 16.7. The molecule has 1 heterocycles. The third kappa shape index (κ3) is 4.91. The lowest BCUT2D eigenvalue weighted by Gasteiger charge is -2.40. The van der Waals surface area contributed by atoms with Gasteiger partial charge in [0.05, 0.1) is 12.2 Å². The Morgan fingerprint density at radius 3 is 2.22 bits per heavy atom. The van der Waals surface area contributed by atoms with E-state index >= 15 is 0 Å². The summed E-state index contributed by atoms with van der Waals surface area (Å²) in [5, 5.41) is 30.5. The molecular weight excluding hydrogens is 352 g/mol. The predicted molar refractivity (Wildman–Crippen MR) is 94.6 cm³/mol. The summed E-state index contributed by atoms with van der Waals surface area (Å²) in [7, 11) is 0. The summed E-state index contributed by atoms with van der Waals surface area (Å²) in [6.07, 6.45) is -6.39. The fourth-order valence-electron chi connectivity index (χ4n) is 2.83. The number of rotatable bonds is 6.